The van der Waals surface area contributed by atoms with Crippen molar-refractivity contribution < 1.29 is 9.84 Å². The molecule has 1 unspecified atom stereocenters. The van der Waals surface area contributed by atoms with E-state index in [1.54, 1.807) is 24.5 Å². The third-order valence-corrected chi connectivity index (χ3v) is 3.93. The summed E-state index contributed by atoms with van der Waals surface area (Å²) < 4.78 is 7.62. The number of phenolic OH excluding ortho intramolecular Hbond substituents is 1. The van der Waals surface area contributed by atoms with Crippen LogP contribution >= 0.6 is 12.6 Å². The molecule has 2 N–H and O–H groups in total. The number of nitrogens with one attached hydrogen (secondary N) is 1. The molecule has 23 heavy (non-hydrogen) atoms. The number of ether oxygens (including phenoxy) is 1. The summed E-state index contributed by atoms with van der Waals surface area (Å²) in [5.41, 5.74) is 2.03. The summed E-state index contributed by atoms with van der Waals surface area (Å²) >= 11 is 4.29. The highest BCUT2D eigenvalue weighted by Gasteiger charge is 2.22. The molecule has 2 aromatic heterocycles. The Balaban J connectivity index is 1.77. The molecule has 0 spiro atoms. The lowest BCUT2D eigenvalue weighted by Crippen LogP contribution is -2.07. The quantitative estimate of drug-likeness (QED) is 0.506. The lowest BCUT2D eigenvalue weighted by atomic mass is 10.3. The van der Waals surface area contributed by atoms with Crippen molar-refractivity contribution in [2.45, 2.75) is 24.2 Å². The molecule has 1 aromatic carbocycles. The Morgan fingerprint density at radius 1 is 1.35 bits per heavy atom. The second-order valence-electron chi connectivity index (χ2n) is 5.34. The zero-order valence-electron chi connectivity index (χ0n) is 12.2. The van der Waals surface area contributed by atoms with Crippen LogP contribution in [0.1, 0.15) is 19.1 Å². The van der Waals surface area contributed by atoms with Crippen molar-refractivity contribution in [2.75, 3.05) is 11.9 Å². The lowest BCUT2D eigenvalue weighted by molar-refractivity contribution is 0.0592. The highest BCUT2D eigenvalue weighted by atomic mass is 32.1. The fourth-order valence-electron chi connectivity index (χ4n) is 2.70. The van der Waals surface area contributed by atoms with E-state index in [4.69, 9.17) is 4.74 Å². The fourth-order valence-corrected chi connectivity index (χ4v) is 2.90. The molecule has 1 aliphatic heterocycles. The molecule has 7 nitrogen and oxygen atoms in total. The minimum absolute atomic E-state index is 0.0451. The Kier molecular flexibility index (Phi) is 3.55. The number of benzene rings is 1. The monoisotopic (exact) mass is 329 g/mol. The van der Waals surface area contributed by atoms with Crippen LogP contribution in [0.2, 0.25) is 0 Å². The van der Waals surface area contributed by atoms with Crippen LogP contribution in [0.3, 0.4) is 0 Å². The molecule has 0 radical (unpaired) electrons. The van der Waals surface area contributed by atoms with Crippen LogP contribution in [0, 0.1) is 0 Å². The second-order valence-corrected chi connectivity index (χ2v) is 5.74. The Bertz CT molecular complexity index is 860. The van der Waals surface area contributed by atoms with E-state index in [2.05, 4.69) is 32.9 Å². The highest BCUT2D eigenvalue weighted by molar-refractivity contribution is 7.80. The average Bonchev–Trinajstić information content (AvgIpc) is 3.15. The number of phenols is 1. The number of anilines is 2. The molecule has 1 fully saturated rings. The van der Waals surface area contributed by atoms with E-state index < -0.39 is 0 Å². The Morgan fingerprint density at radius 3 is 3.04 bits per heavy atom. The van der Waals surface area contributed by atoms with Gasteiger partial charge in [0.05, 0.1) is 6.33 Å². The molecular formula is C15H15N5O2S. The van der Waals surface area contributed by atoms with Gasteiger partial charge in [0.2, 0.25) is 0 Å². The molecule has 1 aliphatic rings. The zero-order chi connectivity index (χ0) is 15.8. The van der Waals surface area contributed by atoms with E-state index in [1.807, 2.05) is 10.6 Å². The number of aromatic hydroxyl groups is 1. The van der Waals surface area contributed by atoms with E-state index in [9.17, 15) is 5.11 Å². The standard InChI is InChI=1S/C15H15N5O2S/c21-10-4-1-3-9(7-10)17-13-12-14(19-15(23)18-13)20(8-16-12)11-5-2-6-22-11/h1,3-4,7-8,11,21H,2,5-6H2,(H2,17,18,19,23). The molecule has 3 heterocycles. The molecule has 0 saturated carbocycles. The van der Waals surface area contributed by atoms with Crippen LogP contribution in [0.15, 0.2) is 35.7 Å². The minimum atomic E-state index is -0.0451. The number of rotatable bonds is 3. The van der Waals surface area contributed by atoms with Crippen molar-refractivity contribution in [1.29, 1.82) is 0 Å². The maximum Gasteiger partial charge on any atom is 0.188 e. The predicted octanol–water partition coefficient (Wildman–Crippen LogP) is 2.87. The summed E-state index contributed by atoms with van der Waals surface area (Å²) in [4.78, 5) is 13.1. The van der Waals surface area contributed by atoms with Crippen LogP contribution in [0.25, 0.3) is 11.2 Å². The largest absolute Gasteiger partial charge is 0.508 e. The molecule has 1 atom stereocenters. The fraction of sp³-hybridized carbons (Fsp3) is 0.267. The van der Waals surface area contributed by atoms with Gasteiger partial charge in [-0.2, -0.15) is 0 Å². The first kappa shape index (κ1) is 14.3. The van der Waals surface area contributed by atoms with Crippen LogP contribution < -0.4 is 5.32 Å². The molecular weight excluding hydrogens is 314 g/mol. The third kappa shape index (κ3) is 2.71. The normalized spacial score (nSPS) is 17.7. The third-order valence-electron chi connectivity index (χ3n) is 3.73. The topological polar surface area (TPSA) is 85.1 Å². The number of imidazole rings is 1. The molecule has 118 valence electrons. The smallest absolute Gasteiger partial charge is 0.188 e. The molecule has 4 rings (SSSR count). The maximum absolute atomic E-state index is 9.58. The first-order chi connectivity index (χ1) is 11.2. The van der Waals surface area contributed by atoms with Gasteiger partial charge in [0.1, 0.15) is 12.0 Å². The Morgan fingerprint density at radius 2 is 2.26 bits per heavy atom. The number of aromatic nitrogens is 4. The van der Waals surface area contributed by atoms with Crippen molar-refractivity contribution in [1.82, 2.24) is 19.5 Å². The number of thiol groups is 1. The van der Waals surface area contributed by atoms with Gasteiger partial charge >= 0.3 is 0 Å². The molecule has 0 bridgehead atoms. The van der Waals surface area contributed by atoms with E-state index >= 15 is 0 Å². The average molecular weight is 329 g/mol. The van der Waals surface area contributed by atoms with Gasteiger partial charge in [-0.15, -0.1) is 12.6 Å². The van der Waals surface area contributed by atoms with Crippen molar-refractivity contribution in [3.63, 3.8) is 0 Å². The summed E-state index contributed by atoms with van der Waals surface area (Å²) in [5.74, 6) is 0.721. The predicted molar refractivity (Wildman–Crippen MR) is 88.2 cm³/mol. The summed E-state index contributed by atoms with van der Waals surface area (Å²) in [6.07, 6.45) is 3.64. The number of fused-ring (bicyclic) bond motifs is 1. The summed E-state index contributed by atoms with van der Waals surface area (Å²) in [6.45, 7) is 0.748. The van der Waals surface area contributed by atoms with Gasteiger partial charge in [0, 0.05) is 18.4 Å². The minimum Gasteiger partial charge on any atom is -0.508 e. The molecule has 0 amide bonds. The van der Waals surface area contributed by atoms with Gasteiger partial charge in [-0.25, -0.2) is 15.0 Å². The zero-order valence-corrected chi connectivity index (χ0v) is 13.1. The van der Waals surface area contributed by atoms with Crippen molar-refractivity contribution in [3.05, 3.63) is 30.6 Å². The van der Waals surface area contributed by atoms with E-state index in [0.717, 1.165) is 19.4 Å². The first-order valence-corrected chi connectivity index (χ1v) is 7.76. The van der Waals surface area contributed by atoms with Gasteiger partial charge in [0.15, 0.2) is 22.1 Å². The van der Waals surface area contributed by atoms with Gasteiger partial charge in [0.25, 0.3) is 0 Å². The van der Waals surface area contributed by atoms with Crippen molar-refractivity contribution >= 4 is 35.3 Å². The van der Waals surface area contributed by atoms with Crippen molar-refractivity contribution in [2.24, 2.45) is 0 Å². The molecule has 3 aromatic rings. The summed E-state index contributed by atoms with van der Waals surface area (Å²) in [5, 5.41) is 13.1. The molecule has 0 aliphatic carbocycles. The van der Waals surface area contributed by atoms with Crippen LogP contribution in [0.5, 0.6) is 5.75 Å². The maximum atomic E-state index is 9.58. The van der Waals surface area contributed by atoms with E-state index in [0.29, 0.717) is 27.8 Å². The van der Waals surface area contributed by atoms with Gasteiger partial charge in [-0.05, 0) is 25.0 Å². The van der Waals surface area contributed by atoms with Gasteiger partial charge in [-0.3, -0.25) is 4.57 Å². The number of nitrogens with zero attached hydrogens (tertiary/aromatic N) is 4. The molecule has 1 saturated heterocycles. The number of hydrogen-bond acceptors (Lipinski definition) is 7. The van der Waals surface area contributed by atoms with E-state index in [-0.39, 0.29) is 12.0 Å². The van der Waals surface area contributed by atoms with Crippen molar-refractivity contribution in [3.8, 4) is 5.75 Å². The summed E-state index contributed by atoms with van der Waals surface area (Å²) in [7, 11) is 0. The lowest BCUT2D eigenvalue weighted by Gasteiger charge is -2.12. The summed E-state index contributed by atoms with van der Waals surface area (Å²) in [6, 6.07) is 6.81. The highest BCUT2D eigenvalue weighted by Crippen LogP contribution is 2.30. The van der Waals surface area contributed by atoms with Crippen LogP contribution in [-0.2, 0) is 4.74 Å². The Hall–Kier alpha value is -2.32. The first-order valence-electron chi connectivity index (χ1n) is 7.32. The second kappa shape index (κ2) is 5.71. The van der Waals surface area contributed by atoms with Gasteiger partial charge in [-0.1, -0.05) is 6.07 Å². The molecule has 8 heteroatoms. The van der Waals surface area contributed by atoms with Crippen LogP contribution in [-0.4, -0.2) is 31.2 Å². The Labute approximate surface area is 137 Å². The number of hydrogen-bond donors (Lipinski definition) is 3. The van der Waals surface area contributed by atoms with E-state index in [1.165, 1.54) is 0 Å². The van der Waals surface area contributed by atoms with Crippen LogP contribution in [0.4, 0.5) is 11.5 Å². The van der Waals surface area contributed by atoms with Gasteiger partial charge < -0.3 is 15.2 Å². The SMILES string of the molecule is Oc1cccc(Nc2nc(S)nc3c2ncn3C2CCCO2)c1.